The molecule has 1 aromatic heterocycles. The molecule has 0 radical (unpaired) electrons. The molecule has 0 bridgehead atoms. The SMILES string of the molecule is O=C(Cc1ccc(N(Cc2cccc(F)c2)C(=O)c2cccc(F)c2)cc1)NCc1ccco1. The highest BCUT2D eigenvalue weighted by Crippen LogP contribution is 2.22. The van der Waals surface area contributed by atoms with Crippen LogP contribution in [0.4, 0.5) is 14.5 Å². The van der Waals surface area contributed by atoms with E-state index in [1.807, 2.05) is 0 Å². The number of anilines is 1. The van der Waals surface area contributed by atoms with Gasteiger partial charge in [-0.15, -0.1) is 0 Å². The molecule has 1 N–H and O–H groups in total. The molecule has 3 aromatic carbocycles. The molecule has 4 rings (SSSR count). The predicted octanol–water partition coefficient (Wildman–Crippen LogP) is 5.26. The lowest BCUT2D eigenvalue weighted by molar-refractivity contribution is -0.120. The van der Waals surface area contributed by atoms with Crippen LogP contribution < -0.4 is 10.2 Å². The summed E-state index contributed by atoms with van der Waals surface area (Å²) in [6.45, 7) is 0.392. The van der Waals surface area contributed by atoms with Crippen LogP contribution in [0.2, 0.25) is 0 Å². The van der Waals surface area contributed by atoms with Gasteiger partial charge < -0.3 is 14.6 Å². The summed E-state index contributed by atoms with van der Waals surface area (Å²) in [7, 11) is 0. The number of carbonyl (C=O) groups is 2. The molecule has 0 spiro atoms. The number of furan rings is 1. The van der Waals surface area contributed by atoms with Gasteiger partial charge in [0.25, 0.3) is 5.91 Å². The largest absolute Gasteiger partial charge is 0.467 e. The molecule has 1 heterocycles. The van der Waals surface area contributed by atoms with Gasteiger partial charge in [-0.3, -0.25) is 9.59 Å². The zero-order valence-electron chi connectivity index (χ0n) is 18.2. The molecule has 0 saturated carbocycles. The maximum Gasteiger partial charge on any atom is 0.258 e. The van der Waals surface area contributed by atoms with Crippen LogP contribution in [0.25, 0.3) is 0 Å². The molecule has 5 nitrogen and oxygen atoms in total. The standard InChI is InChI=1S/C27H22F2N2O3/c28-22-6-1-4-20(14-22)18-31(27(33)21-5-2-7-23(29)16-21)24-11-9-19(10-12-24)15-26(32)30-17-25-8-3-13-34-25/h1-14,16H,15,17-18H2,(H,30,32). The van der Waals surface area contributed by atoms with Crippen molar-refractivity contribution in [2.45, 2.75) is 19.5 Å². The summed E-state index contributed by atoms with van der Waals surface area (Å²) < 4.78 is 32.7. The van der Waals surface area contributed by atoms with Crippen LogP contribution in [0.1, 0.15) is 27.2 Å². The predicted molar refractivity (Wildman–Crippen MR) is 124 cm³/mol. The van der Waals surface area contributed by atoms with Crippen LogP contribution in [0, 0.1) is 11.6 Å². The molecule has 0 fully saturated rings. The zero-order chi connectivity index (χ0) is 23.9. The summed E-state index contributed by atoms with van der Waals surface area (Å²) in [5.74, 6) is -0.865. The molecule has 7 heteroatoms. The third-order valence-electron chi connectivity index (χ3n) is 5.20. The molecule has 0 unspecified atom stereocenters. The Labute approximate surface area is 195 Å². The summed E-state index contributed by atoms with van der Waals surface area (Å²) in [6.07, 6.45) is 1.70. The molecular formula is C27H22F2N2O3. The highest BCUT2D eigenvalue weighted by molar-refractivity contribution is 6.06. The van der Waals surface area contributed by atoms with Crippen molar-refractivity contribution in [1.29, 1.82) is 0 Å². The Morgan fingerprint density at radius 3 is 2.24 bits per heavy atom. The summed E-state index contributed by atoms with van der Waals surface area (Å²) in [4.78, 5) is 26.9. The Bertz CT molecular complexity index is 1270. The summed E-state index contributed by atoms with van der Waals surface area (Å²) >= 11 is 0. The van der Waals surface area contributed by atoms with Crippen LogP contribution in [-0.2, 0) is 24.3 Å². The Hall–Kier alpha value is -4.26. The van der Waals surface area contributed by atoms with Gasteiger partial charge in [-0.2, -0.15) is 0 Å². The molecule has 34 heavy (non-hydrogen) atoms. The Morgan fingerprint density at radius 2 is 1.56 bits per heavy atom. The number of carbonyl (C=O) groups excluding carboxylic acids is 2. The van der Waals surface area contributed by atoms with E-state index in [0.717, 1.165) is 5.56 Å². The first-order valence-electron chi connectivity index (χ1n) is 10.7. The van der Waals surface area contributed by atoms with Crippen LogP contribution in [0.3, 0.4) is 0 Å². The highest BCUT2D eigenvalue weighted by Gasteiger charge is 2.19. The Morgan fingerprint density at radius 1 is 0.824 bits per heavy atom. The number of hydrogen-bond acceptors (Lipinski definition) is 3. The lowest BCUT2D eigenvalue weighted by Crippen LogP contribution is -2.30. The number of hydrogen-bond donors (Lipinski definition) is 1. The van der Waals surface area contributed by atoms with Crippen molar-refractivity contribution >= 4 is 17.5 Å². The average molecular weight is 460 g/mol. The molecular weight excluding hydrogens is 438 g/mol. The van der Waals surface area contributed by atoms with Gasteiger partial charge in [-0.25, -0.2) is 8.78 Å². The highest BCUT2D eigenvalue weighted by atomic mass is 19.1. The van der Waals surface area contributed by atoms with Gasteiger partial charge >= 0.3 is 0 Å². The molecule has 0 atom stereocenters. The van der Waals surface area contributed by atoms with E-state index in [-0.39, 0.29) is 24.4 Å². The van der Waals surface area contributed by atoms with Gasteiger partial charge in [-0.1, -0.05) is 30.3 Å². The van der Waals surface area contributed by atoms with E-state index in [4.69, 9.17) is 4.42 Å². The minimum Gasteiger partial charge on any atom is -0.467 e. The molecule has 0 aliphatic carbocycles. The first-order valence-corrected chi connectivity index (χ1v) is 10.7. The second-order valence-corrected chi connectivity index (χ2v) is 7.73. The normalized spacial score (nSPS) is 10.6. The van der Waals surface area contributed by atoms with Gasteiger partial charge in [0.1, 0.15) is 17.4 Å². The quantitative estimate of drug-likeness (QED) is 0.390. The van der Waals surface area contributed by atoms with Crippen molar-refractivity contribution in [1.82, 2.24) is 5.32 Å². The summed E-state index contributed by atoms with van der Waals surface area (Å²) in [6, 6.07) is 21.8. The smallest absolute Gasteiger partial charge is 0.258 e. The molecule has 0 aliphatic rings. The number of nitrogens with zero attached hydrogens (tertiary/aromatic N) is 1. The van der Waals surface area contributed by atoms with Gasteiger partial charge in [-0.05, 0) is 65.7 Å². The van der Waals surface area contributed by atoms with E-state index in [9.17, 15) is 18.4 Å². The van der Waals surface area contributed by atoms with E-state index in [2.05, 4.69) is 5.32 Å². The maximum atomic E-state index is 13.7. The van der Waals surface area contributed by atoms with Crippen molar-refractivity contribution in [3.8, 4) is 0 Å². The van der Waals surface area contributed by atoms with E-state index in [1.54, 1.807) is 54.8 Å². The number of benzene rings is 3. The van der Waals surface area contributed by atoms with Crippen molar-refractivity contribution in [2.75, 3.05) is 4.90 Å². The molecule has 0 saturated heterocycles. The van der Waals surface area contributed by atoms with E-state index >= 15 is 0 Å². The molecule has 2 amide bonds. The molecule has 172 valence electrons. The van der Waals surface area contributed by atoms with Crippen LogP contribution in [-0.4, -0.2) is 11.8 Å². The number of halogens is 2. The number of rotatable bonds is 8. The van der Waals surface area contributed by atoms with Crippen molar-refractivity contribution in [2.24, 2.45) is 0 Å². The third kappa shape index (κ3) is 5.95. The molecule has 0 aliphatic heterocycles. The fourth-order valence-electron chi connectivity index (χ4n) is 3.52. The van der Waals surface area contributed by atoms with Gasteiger partial charge in [0.15, 0.2) is 0 Å². The minimum absolute atomic E-state index is 0.0933. The van der Waals surface area contributed by atoms with Crippen LogP contribution in [0.5, 0.6) is 0 Å². The zero-order valence-corrected chi connectivity index (χ0v) is 18.2. The van der Waals surface area contributed by atoms with Gasteiger partial charge in [0, 0.05) is 11.3 Å². The minimum atomic E-state index is -0.521. The lowest BCUT2D eigenvalue weighted by Gasteiger charge is -2.23. The van der Waals surface area contributed by atoms with Crippen LogP contribution >= 0.6 is 0 Å². The van der Waals surface area contributed by atoms with Crippen molar-refractivity contribution in [3.63, 3.8) is 0 Å². The van der Waals surface area contributed by atoms with Gasteiger partial charge in [0.05, 0.1) is 25.8 Å². The first kappa shape index (κ1) is 22.9. The van der Waals surface area contributed by atoms with E-state index < -0.39 is 17.5 Å². The Balaban J connectivity index is 1.52. The van der Waals surface area contributed by atoms with E-state index in [0.29, 0.717) is 23.6 Å². The third-order valence-corrected chi connectivity index (χ3v) is 5.20. The Kier molecular flexibility index (Phi) is 7.13. The van der Waals surface area contributed by atoms with Crippen molar-refractivity contribution in [3.05, 3.63) is 125 Å². The average Bonchev–Trinajstić information content (AvgIpc) is 3.35. The second kappa shape index (κ2) is 10.6. The topological polar surface area (TPSA) is 62.6 Å². The maximum absolute atomic E-state index is 13.7. The second-order valence-electron chi connectivity index (χ2n) is 7.73. The fourth-order valence-corrected chi connectivity index (χ4v) is 3.52. The van der Waals surface area contributed by atoms with Gasteiger partial charge in [0.2, 0.25) is 5.91 Å². The van der Waals surface area contributed by atoms with E-state index in [1.165, 1.54) is 41.3 Å². The molecule has 4 aromatic rings. The van der Waals surface area contributed by atoms with Crippen LogP contribution in [0.15, 0.2) is 95.6 Å². The first-order chi connectivity index (χ1) is 16.5. The summed E-state index contributed by atoms with van der Waals surface area (Å²) in [5, 5.41) is 2.79. The van der Waals surface area contributed by atoms with Crippen molar-refractivity contribution < 1.29 is 22.8 Å². The monoisotopic (exact) mass is 460 g/mol. The lowest BCUT2D eigenvalue weighted by atomic mass is 10.1. The fraction of sp³-hybridized carbons (Fsp3) is 0.111. The number of nitrogens with one attached hydrogen (secondary N) is 1. The summed E-state index contributed by atoms with van der Waals surface area (Å²) in [5.41, 5.74) is 2.06. The number of amides is 2.